The van der Waals surface area contributed by atoms with Crippen molar-refractivity contribution < 1.29 is 0 Å². The van der Waals surface area contributed by atoms with Crippen LogP contribution in [0.2, 0.25) is 0 Å². The third-order valence-corrected chi connectivity index (χ3v) is 11.0. The van der Waals surface area contributed by atoms with Gasteiger partial charge in [0, 0.05) is 52.9 Å². The fourth-order valence-corrected chi connectivity index (χ4v) is 9.15. The molecule has 212 valence electrons. The minimum absolute atomic E-state index is 0.178. The van der Waals surface area contributed by atoms with Crippen LogP contribution in [-0.2, 0) is 5.41 Å². The Kier molecular flexibility index (Phi) is 4.94. The zero-order chi connectivity index (χ0) is 29.9. The lowest BCUT2D eigenvalue weighted by atomic mass is 9.80. The molecular weight excluding hydrogens is 567 g/mol. The standard InChI is InChI=1S/C41H27N3S/c1-41(2)29-20-10-6-16-25(29)34-36(41)33-27-18-8-12-22-31(27)44(38(33)35-28-19-9-13-23-32(28)45-39(34)35)40-42-30-21-11-7-17-26(30)37(43-40)24-14-4-3-5-15-24/h3-23H,1-2H3. The molecule has 0 bridgehead atoms. The highest BCUT2D eigenvalue weighted by molar-refractivity contribution is 7.26. The summed E-state index contributed by atoms with van der Waals surface area (Å²) in [5, 5.41) is 6.15. The number of nitrogens with zero attached hydrogens (tertiary/aromatic N) is 3. The van der Waals surface area contributed by atoms with Crippen LogP contribution in [0.4, 0.5) is 0 Å². The van der Waals surface area contributed by atoms with Crippen LogP contribution in [0, 0.1) is 0 Å². The lowest BCUT2D eigenvalue weighted by Gasteiger charge is -2.23. The van der Waals surface area contributed by atoms with Crippen LogP contribution >= 0.6 is 11.3 Å². The summed E-state index contributed by atoms with van der Waals surface area (Å²) in [6.45, 7) is 4.78. The van der Waals surface area contributed by atoms with Gasteiger partial charge in [-0.25, -0.2) is 9.97 Å². The van der Waals surface area contributed by atoms with E-state index >= 15 is 0 Å². The highest BCUT2D eigenvalue weighted by Gasteiger charge is 2.40. The Morgan fingerprint density at radius 2 is 1.31 bits per heavy atom. The second-order valence-electron chi connectivity index (χ2n) is 12.6. The average Bonchev–Trinajstić information content (AvgIpc) is 3.71. The van der Waals surface area contributed by atoms with E-state index in [1.165, 1.54) is 58.7 Å². The van der Waals surface area contributed by atoms with Gasteiger partial charge in [-0.3, -0.25) is 4.57 Å². The summed E-state index contributed by atoms with van der Waals surface area (Å²) in [5.41, 5.74) is 10.6. The van der Waals surface area contributed by atoms with Crippen LogP contribution in [0.15, 0.2) is 127 Å². The van der Waals surface area contributed by atoms with E-state index in [1.54, 1.807) is 0 Å². The Morgan fingerprint density at radius 3 is 2.18 bits per heavy atom. The predicted octanol–water partition coefficient (Wildman–Crippen LogP) is 11.1. The SMILES string of the molecule is CC1(C)c2ccccc2-c2c1c1c3ccccc3n(-c3nc(-c4ccccc4)c4ccccc4n3)c1c1c2sc2ccccc21. The van der Waals surface area contributed by atoms with Crippen LogP contribution < -0.4 is 0 Å². The zero-order valence-corrected chi connectivity index (χ0v) is 25.7. The molecule has 0 amide bonds. The van der Waals surface area contributed by atoms with Gasteiger partial charge in [-0.1, -0.05) is 123 Å². The maximum atomic E-state index is 5.41. The van der Waals surface area contributed by atoms with Crippen molar-refractivity contribution >= 4 is 64.2 Å². The fourth-order valence-electron chi connectivity index (χ4n) is 7.88. The highest BCUT2D eigenvalue weighted by atomic mass is 32.1. The lowest BCUT2D eigenvalue weighted by Crippen LogP contribution is -2.15. The minimum atomic E-state index is -0.178. The molecule has 0 saturated heterocycles. The summed E-state index contributed by atoms with van der Waals surface area (Å²) < 4.78 is 4.99. The Morgan fingerprint density at radius 1 is 0.622 bits per heavy atom. The van der Waals surface area contributed by atoms with Crippen molar-refractivity contribution in [1.82, 2.24) is 14.5 Å². The summed E-state index contributed by atoms with van der Waals surface area (Å²) in [6.07, 6.45) is 0. The summed E-state index contributed by atoms with van der Waals surface area (Å²) in [7, 11) is 0. The van der Waals surface area contributed by atoms with Crippen molar-refractivity contribution in [3.63, 3.8) is 0 Å². The normalized spacial score (nSPS) is 13.7. The maximum Gasteiger partial charge on any atom is 0.235 e. The summed E-state index contributed by atoms with van der Waals surface area (Å²) >= 11 is 1.91. The molecule has 0 aliphatic heterocycles. The Balaban J connectivity index is 1.47. The maximum absolute atomic E-state index is 5.41. The van der Waals surface area contributed by atoms with Gasteiger partial charge in [0.05, 0.1) is 22.2 Å². The summed E-state index contributed by atoms with van der Waals surface area (Å²) in [4.78, 5) is 10.7. The minimum Gasteiger partial charge on any atom is -0.277 e. The van der Waals surface area contributed by atoms with Crippen LogP contribution in [0.5, 0.6) is 0 Å². The molecular formula is C41H27N3S. The molecule has 4 heteroatoms. The topological polar surface area (TPSA) is 30.7 Å². The third-order valence-electron chi connectivity index (χ3n) is 9.77. The number of aromatic nitrogens is 3. The van der Waals surface area contributed by atoms with E-state index in [1.807, 2.05) is 11.3 Å². The molecule has 6 aromatic carbocycles. The number of fused-ring (bicyclic) bond motifs is 13. The van der Waals surface area contributed by atoms with E-state index in [9.17, 15) is 0 Å². The van der Waals surface area contributed by atoms with Gasteiger partial charge in [-0.05, 0) is 34.9 Å². The smallest absolute Gasteiger partial charge is 0.235 e. The van der Waals surface area contributed by atoms with E-state index in [0.29, 0.717) is 5.95 Å². The van der Waals surface area contributed by atoms with Crippen molar-refractivity contribution in [1.29, 1.82) is 0 Å². The second kappa shape index (κ2) is 8.87. The molecule has 0 atom stereocenters. The van der Waals surface area contributed by atoms with E-state index < -0.39 is 0 Å². The number of hydrogen-bond donors (Lipinski definition) is 0. The lowest BCUT2D eigenvalue weighted by molar-refractivity contribution is 0.667. The van der Waals surface area contributed by atoms with Crippen LogP contribution in [0.25, 0.3) is 81.2 Å². The van der Waals surface area contributed by atoms with Gasteiger partial charge in [0.1, 0.15) is 0 Å². The Labute approximate surface area is 264 Å². The van der Waals surface area contributed by atoms with Crippen molar-refractivity contribution in [2.75, 3.05) is 0 Å². The predicted molar refractivity (Wildman–Crippen MR) is 190 cm³/mol. The molecule has 1 aliphatic rings. The molecule has 3 nitrogen and oxygen atoms in total. The quantitative estimate of drug-likeness (QED) is 0.200. The zero-order valence-electron chi connectivity index (χ0n) is 24.9. The molecule has 0 spiro atoms. The van der Waals surface area contributed by atoms with Gasteiger partial charge < -0.3 is 0 Å². The largest absolute Gasteiger partial charge is 0.277 e. The number of benzene rings is 6. The van der Waals surface area contributed by atoms with Crippen LogP contribution in [-0.4, -0.2) is 14.5 Å². The van der Waals surface area contributed by atoms with Crippen molar-refractivity contribution in [3.8, 4) is 28.3 Å². The van der Waals surface area contributed by atoms with Crippen molar-refractivity contribution in [3.05, 3.63) is 139 Å². The monoisotopic (exact) mass is 593 g/mol. The first-order valence-electron chi connectivity index (χ1n) is 15.4. The first kappa shape index (κ1) is 25.1. The first-order chi connectivity index (χ1) is 22.1. The number of thiophene rings is 1. The Hall–Kier alpha value is -5.32. The molecule has 0 fully saturated rings. The molecule has 3 heterocycles. The molecule has 10 rings (SSSR count). The Bertz CT molecular complexity index is 2680. The first-order valence-corrected chi connectivity index (χ1v) is 16.3. The van der Waals surface area contributed by atoms with E-state index in [4.69, 9.17) is 9.97 Å². The molecule has 45 heavy (non-hydrogen) atoms. The van der Waals surface area contributed by atoms with Gasteiger partial charge in [0.15, 0.2) is 0 Å². The molecule has 0 radical (unpaired) electrons. The summed E-state index contributed by atoms with van der Waals surface area (Å²) in [6, 6.07) is 45.6. The van der Waals surface area contributed by atoms with Gasteiger partial charge in [-0.15, -0.1) is 11.3 Å². The molecule has 0 N–H and O–H groups in total. The van der Waals surface area contributed by atoms with Gasteiger partial charge in [0.25, 0.3) is 0 Å². The van der Waals surface area contributed by atoms with Gasteiger partial charge in [0.2, 0.25) is 5.95 Å². The fraction of sp³-hybridized carbons (Fsp3) is 0.0732. The van der Waals surface area contributed by atoms with Crippen LogP contribution in [0.1, 0.15) is 25.0 Å². The van der Waals surface area contributed by atoms with Crippen molar-refractivity contribution in [2.45, 2.75) is 19.3 Å². The number of hydrogen-bond acceptors (Lipinski definition) is 3. The van der Waals surface area contributed by atoms with E-state index in [0.717, 1.165) is 27.7 Å². The number of para-hydroxylation sites is 2. The molecule has 3 aromatic heterocycles. The highest BCUT2D eigenvalue weighted by Crippen LogP contribution is 2.58. The third kappa shape index (κ3) is 3.24. The van der Waals surface area contributed by atoms with Crippen molar-refractivity contribution in [2.24, 2.45) is 0 Å². The van der Waals surface area contributed by atoms with Gasteiger partial charge in [-0.2, -0.15) is 0 Å². The average molecular weight is 594 g/mol. The molecule has 1 aliphatic carbocycles. The summed E-state index contributed by atoms with van der Waals surface area (Å²) in [5.74, 6) is 0.698. The number of rotatable bonds is 2. The van der Waals surface area contributed by atoms with Gasteiger partial charge >= 0.3 is 0 Å². The van der Waals surface area contributed by atoms with Crippen LogP contribution in [0.3, 0.4) is 0 Å². The molecule has 0 unspecified atom stereocenters. The van der Waals surface area contributed by atoms with E-state index in [2.05, 4.69) is 146 Å². The van der Waals surface area contributed by atoms with E-state index in [-0.39, 0.29) is 5.41 Å². The molecule has 9 aromatic rings. The second-order valence-corrected chi connectivity index (χ2v) is 13.6. The molecule has 0 saturated carbocycles.